The Balaban J connectivity index is 0. The normalized spacial score (nSPS) is 12.9. The zero-order chi connectivity index (χ0) is 15.0. The summed E-state index contributed by atoms with van der Waals surface area (Å²) in [6.45, 7) is 4.23. The average molecular weight is 326 g/mol. The molecule has 0 aliphatic rings. The SMILES string of the molecule is CCCCCCCCCC(C)c1ccc(S(=O)(=O)O)o1.[H-].[Na+]. The zero-order valence-corrected chi connectivity index (χ0v) is 16.3. The zero-order valence-electron chi connectivity index (χ0n) is 14.5. The molecule has 1 unspecified atom stereocenters. The van der Waals surface area contributed by atoms with Crippen LogP contribution in [0.3, 0.4) is 0 Å². The van der Waals surface area contributed by atoms with E-state index in [4.69, 9.17) is 8.97 Å². The van der Waals surface area contributed by atoms with Crippen molar-refractivity contribution in [2.75, 3.05) is 0 Å². The minimum Gasteiger partial charge on any atom is -1.00 e. The fourth-order valence-electron chi connectivity index (χ4n) is 2.29. The van der Waals surface area contributed by atoms with Crippen molar-refractivity contribution in [3.05, 3.63) is 17.9 Å². The summed E-state index contributed by atoms with van der Waals surface area (Å²) in [5, 5.41) is -0.362. The van der Waals surface area contributed by atoms with Gasteiger partial charge in [-0.2, -0.15) is 8.42 Å². The van der Waals surface area contributed by atoms with Crippen molar-refractivity contribution in [2.45, 2.75) is 76.2 Å². The predicted octanol–water partition coefficient (Wildman–Crippen LogP) is 1.89. The second-order valence-electron chi connectivity index (χ2n) is 5.44. The van der Waals surface area contributed by atoms with Gasteiger partial charge in [0.25, 0.3) is 0 Å². The van der Waals surface area contributed by atoms with Crippen LogP contribution in [0.2, 0.25) is 0 Å². The Hall–Kier alpha value is 0.190. The van der Waals surface area contributed by atoms with Crippen molar-refractivity contribution < 1.29 is 48.4 Å². The van der Waals surface area contributed by atoms with E-state index >= 15 is 0 Å². The summed E-state index contributed by atoms with van der Waals surface area (Å²) >= 11 is 0. The van der Waals surface area contributed by atoms with Crippen molar-refractivity contribution in [3.8, 4) is 0 Å². The maximum atomic E-state index is 10.9. The van der Waals surface area contributed by atoms with E-state index in [2.05, 4.69) is 6.92 Å². The van der Waals surface area contributed by atoms with Crippen molar-refractivity contribution in [1.82, 2.24) is 0 Å². The number of unbranched alkanes of at least 4 members (excludes halogenated alkanes) is 6. The van der Waals surface area contributed by atoms with Crippen LogP contribution in [0, 0.1) is 0 Å². The molecule has 1 N–H and O–H groups in total. The smallest absolute Gasteiger partial charge is 1.00 e. The molecule has 21 heavy (non-hydrogen) atoms. The molecular formula is C15H27NaO4S. The van der Waals surface area contributed by atoms with Crippen molar-refractivity contribution >= 4 is 10.1 Å². The molecule has 0 radical (unpaired) electrons. The standard InChI is InChI=1S/C15H26O4S.Na.H/c1-3-4-5-6-7-8-9-10-13(2)14-11-12-15(19-14)20(16,17)18;;/h11-13H,3-10H2,1-2H3,(H,16,17,18);;/q;+1;-1. The third-order valence-electron chi connectivity index (χ3n) is 3.58. The first-order valence-corrected chi connectivity index (χ1v) is 8.96. The number of hydrogen-bond acceptors (Lipinski definition) is 3. The molecule has 1 aromatic heterocycles. The quantitative estimate of drug-likeness (QED) is 0.405. The molecule has 118 valence electrons. The molecule has 1 rings (SSSR count). The summed E-state index contributed by atoms with van der Waals surface area (Å²) in [5.41, 5.74) is 0. The molecule has 0 bridgehead atoms. The molecule has 1 heterocycles. The van der Waals surface area contributed by atoms with Gasteiger partial charge in [0.2, 0.25) is 5.09 Å². The summed E-state index contributed by atoms with van der Waals surface area (Å²) in [7, 11) is -4.22. The summed E-state index contributed by atoms with van der Waals surface area (Å²) in [4.78, 5) is 0. The molecule has 0 saturated heterocycles. The number of rotatable bonds is 10. The summed E-state index contributed by atoms with van der Waals surface area (Å²) < 4.78 is 35.9. The van der Waals surface area contributed by atoms with E-state index in [1.54, 1.807) is 6.07 Å². The summed E-state index contributed by atoms with van der Waals surface area (Å²) in [6, 6.07) is 2.95. The largest absolute Gasteiger partial charge is 1.00 e. The number of furan rings is 1. The van der Waals surface area contributed by atoms with Gasteiger partial charge in [0, 0.05) is 5.92 Å². The van der Waals surface area contributed by atoms with E-state index in [0.717, 1.165) is 12.8 Å². The monoisotopic (exact) mass is 326 g/mol. The Morgan fingerprint density at radius 2 is 1.71 bits per heavy atom. The molecule has 0 fully saturated rings. The number of hydrogen-bond donors (Lipinski definition) is 1. The Morgan fingerprint density at radius 1 is 1.14 bits per heavy atom. The van der Waals surface area contributed by atoms with E-state index in [1.165, 1.54) is 44.6 Å². The Bertz CT molecular complexity index is 487. The van der Waals surface area contributed by atoms with E-state index in [-0.39, 0.29) is 42.0 Å². The van der Waals surface area contributed by atoms with Crippen LogP contribution in [0.1, 0.15) is 78.3 Å². The van der Waals surface area contributed by atoms with Gasteiger partial charge in [-0.05, 0) is 18.6 Å². The van der Waals surface area contributed by atoms with Gasteiger partial charge >= 0.3 is 39.7 Å². The Kier molecular flexibility index (Phi) is 10.9. The second kappa shape index (κ2) is 10.8. The van der Waals surface area contributed by atoms with Crippen LogP contribution in [0.5, 0.6) is 0 Å². The topological polar surface area (TPSA) is 67.5 Å². The minimum atomic E-state index is -4.22. The minimum absolute atomic E-state index is 0. The average Bonchev–Trinajstić information content (AvgIpc) is 2.87. The van der Waals surface area contributed by atoms with Crippen LogP contribution in [-0.4, -0.2) is 13.0 Å². The predicted molar refractivity (Wildman–Crippen MR) is 80.7 cm³/mol. The Labute approximate surface area is 152 Å². The van der Waals surface area contributed by atoms with Gasteiger partial charge in [-0.15, -0.1) is 0 Å². The van der Waals surface area contributed by atoms with Crippen molar-refractivity contribution in [2.24, 2.45) is 0 Å². The molecule has 0 aliphatic carbocycles. The van der Waals surface area contributed by atoms with E-state index in [0.29, 0.717) is 5.76 Å². The third kappa shape index (κ3) is 8.41. The maximum Gasteiger partial charge on any atom is 1.00 e. The van der Waals surface area contributed by atoms with Crippen LogP contribution >= 0.6 is 0 Å². The van der Waals surface area contributed by atoms with Gasteiger partial charge in [-0.3, -0.25) is 4.55 Å². The van der Waals surface area contributed by atoms with Gasteiger partial charge in [-0.1, -0.05) is 58.8 Å². The van der Waals surface area contributed by atoms with Gasteiger partial charge in [0.05, 0.1) is 0 Å². The molecule has 0 aromatic carbocycles. The van der Waals surface area contributed by atoms with Crippen molar-refractivity contribution in [1.29, 1.82) is 0 Å². The summed E-state index contributed by atoms with van der Waals surface area (Å²) in [5.74, 6) is 0.810. The first-order valence-electron chi connectivity index (χ1n) is 7.52. The van der Waals surface area contributed by atoms with Crippen LogP contribution in [0.15, 0.2) is 21.6 Å². The van der Waals surface area contributed by atoms with Crippen LogP contribution in [0.25, 0.3) is 0 Å². The van der Waals surface area contributed by atoms with E-state index in [1.807, 2.05) is 6.92 Å². The molecule has 0 saturated carbocycles. The fourth-order valence-corrected chi connectivity index (χ4v) is 2.73. The maximum absolute atomic E-state index is 10.9. The van der Waals surface area contributed by atoms with Crippen LogP contribution < -0.4 is 29.6 Å². The molecule has 0 spiro atoms. The van der Waals surface area contributed by atoms with Gasteiger partial charge in [0.1, 0.15) is 5.76 Å². The molecule has 1 atom stereocenters. The molecule has 0 amide bonds. The van der Waals surface area contributed by atoms with Gasteiger partial charge < -0.3 is 5.84 Å². The first kappa shape index (κ1) is 21.2. The fraction of sp³-hybridized carbons (Fsp3) is 0.733. The van der Waals surface area contributed by atoms with Crippen molar-refractivity contribution in [3.63, 3.8) is 0 Å². The van der Waals surface area contributed by atoms with E-state index in [9.17, 15) is 8.42 Å². The molecular weight excluding hydrogens is 299 g/mol. The molecule has 1 aromatic rings. The molecule has 6 heteroatoms. The van der Waals surface area contributed by atoms with Crippen LogP contribution in [0.4, 0.5) is 0 Å². The van der Waals surface area contributed by atoms with E-state index < -0.39 is 10.1 Å². The Morgan fingerprint density at radius 3 is 2.24 bits per heavy atom. The third-order valence-corrected chi connectivity index (χ3v) is 4.31. The van der Waals surface area contributed by atoms with Gasteiger partial charge in [-0.25, -0.2) is 0 Å². The second-order valence-corrected chi connectivity index (χ2v) is 6.80. The first-order chi connectivity index (χ1) is 9.45. The van der Waals surface area contributed by atoms with Gasteiger partial charge in [0.15, 0.2) is 0 Å². The van der Waals surface area contributed by atoms with Crippen LogP contribution in [-0.2, 0) is 10.1 Å². The molecule has 0 aliphatic heterocycles. The molecule has 4 nitrogen and oxygen atoms in total. The summed E-state index contributed by atoms with van der Waals surface area (Å²) in [6.07, 6.45) is 9.78.